The summed E-state index contributed by atoms with van der Waals surface area (Å²) in [5.74, 6) is -0.842. The number of fused-ring (bicyclic) bond motifs is 2. The molecular weight excluding hydrogens is 404 g/mol. The molecule has 0 atom stereocenters. The second-order valence-corrected chi connectivity index (χ2v) is 7.27. The number of carboxylic acid groups (broad SMARTS) is 1. The Morgan fingerprint density at radius 1 is 1.07 bits per heavy atom. The molecule has 0 fully saturated rings. The van der Waals surface area contributed by atoms with Crippen LogP contribution in [0.3, 0.4) is 0 Å². The zero-order valence-electron chi connectivity index (χ0n) is 15.6. The normalized spacial score (nSPS) is 10.8. The van der Waals surface area contributed by atoms with Crippen molar-refractivity contribution in [1.29, 1.82) is 0 Å². The minimum atomic E-state index is -1.12. The van der Waals surface area contributed by atoms with E-state index in [9.17, 15) is 19.6 Å². The first kappa shape index (κ1) is 19.4. The van der Waals surface area contributed by atoms with E-state index in [-0.39, 0.29) is 22.4 Å². The molecule has 148 valence electrons. The molecule has 4 rings (SSSR count). The Morgan fingerprint density at radius 2 is 1.83 bits per heavy atom. The van der Waals surface area contributed by atoms with Crippen LogP contribution in [-0.2, 0) is 0 Å². The molecular formula is C22H14N2O5S. The highest BCUT2D eigenvalue weighted by Crippen LogP contribution is 2.42. The molecule has 0 aromatic heterocycles. The van der Waals surface area contributed by atoms with Gasteiger partial charge in [0.05, 0.1) is 10.6 Å². The van der Waals surface area contributed by atoms with Crippen molar-refractivity contribution in [2.45, 2.75) is 6.92 Å². The summed E-state index contributed by atoms with van der Waals surface area (Å²) in [7, 11) is 0. The molecule has 0 spiro atoms. The Kier molecular flexibility index (Phi) is 4.85. The fraction of sp³-hybridized carbons (Fsp3) is 0.0455. The summed E-state index contributed by atoms with van der Waals surface area (Å²) in [6, 6.07) is 13.8. The third kappa shape index (κ3) is 3.44. The van der Waals surface area contributed by atoms with Crippen LogP contribution < -0.4 is 10.7 Å². The van der Waals surface area contributed by atoms with Crippen LogP contribution in [-0.4, -0.2) is 16.1 Å². The lowest BCUT2D eigenvalue weighted by atomic mass is 9.90. The van der Waals surface area contributed by atoms with E-state index in [4.69, 9.17) is 16.6 Å². The minimum absolute atomic E-state index is 0.0499. The molecule has 0 saturated heterocycles. The van der Waals surface area contributed by atoms with E-state index in [0.717, 1.165) is 0 Å². The first-order valence-electron chi connectivity index (χ1n) is 8.86. The number of rotatable bonds is 4. The third-order valence-corrected chi connectivity index (χ3v) is 4.72. The lowest BCUT2D eigenvalue weighted by molar-refractivity contribution is 0.0698. The molecule has 0 unspecified atom stereocenters. The molecule has 30 heavy (non-hydrogen) atoms. The first-order chi connectivity index (χ1) is 14.4. The van der Waals surface area contributed by atoms with Gasteiger partial charge in [-0.3, -0.25) is 4.79 Å². The monoisotopic (exact) mass is 418 g/mol. The average molecular weight is 418 g/mol. The molecule has 0 radical (unpaired) electrons. The van der Waals surface area contributed by atoms with Crippen molar-refractivity contribution in [3.05, 3.63) is 75.3 Å². The van der Waals surface area contributed by atoms with E-state index in [1.54, 1.807) is 31.2 Å². The van der Waals surface area contributed by atoms with Crippen LogP contribution in [0.1, 0.15) is 17.3 Å². The molecule has 7 nitrogen and oxygen atoms in total. The summed E-state index contributed by atoms with van der Waals surface area (Å²) in [6.45, 7) is 1.70. The third-order valence-electron chi connectivity index (χ3n) is 4.62. The number of nitrogens with zero attached hydrogens (tertiary/aromatic N) is 1. The molecule has 0 amide bonds. The van der Waals surface area contributed by atoms with Crippen molar-refractivity contribution in [2.75, 3.05) is 5.32 Å². The maximum Gasteiger partial charge on any atom is 0.336 e. The van der Waals surface area contributed by atoms with Crippen molar-refractivity contribution in [1.82, 2.24) is 0 Å². The van der Waals surface area contributed by atoms with E-state index < -0.39 is 5.97 Å². The molecule has 8 heteroatoms. The Bertz CT molecular complexity index is 1380. The van der Waals surface area contributed by atoms with E-state index in [2.05, 4.69) is 10.5 Å². The number of hydrogen-bond acceptors (Lipinski definition) is 6. The molecule has 2 N–H and O–H groups in total. The minimum Gasteiger partial charge on any atom is -0.478 e. The highest BCUT2D eigenvalue weighted by Gasteiger charge is 2.22. The van der Waals surface area contributed by atoms with E-state index >= 15 is 0 Å². The van der Waals surface area contributed by atoms with Gasteiger partial charge in [0.15, 0.2) is 5.43 Å². The molecule has 2 aliphatic rings. The summed E-state index contributed by atoms with van der Waals surface area (Å²) < 4.78 is 5.83. The van der Waals surface area contributed by atoms with E-state index in [1.165, 1.54) is 30.3 Å². The molecule has 1 aliphatic heterocycles. The van der Waals surface area contributed by atoms with Crippen LogP contribution in [0.4, 0.5) is 11.4 Å². The van der Waals surface area contributed by atoms with Crippen LogP contribution in [0, 0.1) is 4.91 Å². The van der Waals surface area contributed by atoms with Gasteiger partial charge in [-0.2, -0.15) is 0 Å². The molecule has 0 saturated carbocycles. The predicted octanol–water partition coefficient (Wildman–Crippen LogP) is 5.42. The Labute approximate surface area is 175 Å². The lowest BCUT2D eigenvalue weighted by Crippen LogP contribution is -2.07. The summed E-state index contributed by atoms with van der Waals surface area (Å²) >= 11 is 5.04. The number of carbonyl (C=O) groups is 1. The van der Waals surface area contributed by atoms with Crippen LogP contribution in [0.5, 0.6) is 0 Å². The maximum atomic E-state index is 12.1. The Morgan fingerprint density at radius 3 is 2.53 bits per heavy atom. The molecule has 2 aromatic carbocycles. The van der Waals surface area contributed by atoms with Crippen molar-refractivity contribution in [3.63, 3.8) is 0 Å². The van der Waals surface area contributed by atoms with Crippen LogP contribution in [0.15, 0.2) is 69.0 Å². The van der Waals surface area contributed by atoms with Crippen molar-refractivity contribution >= 4 is 45.5 Å². The Hall–Kier alpha value is -3.91. The van der Waals surface area contributed by atoms with Gasteiger partial charge in [-0.25, -0.2) is 4.79 Å². The largest absolute Gasteiger partial charge is 0.478 e. The highest BCUT2D eigenvalue weighted by molar-refractivity contribution is 7.80. The number of carboxylic acids is 1. The Balaban J connectivity index is 2.11. The van der Waals surface area contributed by atoms with Crippen molar-refractivity contribution < 1.29 is 14.3 Å². The standard InChI is InChI=1S/C22H14N2O5S/c1-11(30)23-12-2-5-15(18(8-12)22(26)27)21-16-6-3-13(24-28)9-19(16)29-20-10-14(25)4-7-17(20)21/h2-10H,1H3,(H,23,30)(H,26,27). The topological polar surface area (TPSA) is 109 Å². The quantitative estimate of drug-likeness (QED) is 0.259. The van der Waals surface area contributed by atoms with Crippen LogP contribution in [0.25, 0.3) is 33.4 Å². The number of anilines is 1. The lowest BCUT2D eigenvalue weighted by Gasteiger charge is -2.17. The highest BCUT2D eigenvalue weighted by atomic mass is 32.1. The number of nitrogens with one attached hydrogen (secondary N) is 1. The predicted molar refractivity (Wildman–Crippen MR) is 119 cm³/mol. The SMILES string of the molecule is CC(=S)Nc1ccc(-c2c3ccc(=O)cc-3oc3cc(N=O)ccc23)c(C(=O)O)c1. The summed E-state index contributed by atoms with van der Waals surface area (Å²) in [5.41, 5.74) is 2.40. The number of thiocarbonyl (C=S) groups is 1. The van der Waals surface area contributed by atoms with Gasteiger partial charge in [-0.1, -0.05) is 18.3 Å². The fourth-order valence-electron chi connectivity index (χ4n) is 3.43. The van der Waals surface area contributed by atoms with Gasteiger partial charge in [0, 0.05) is 34.3 Å². The smallest absolute Gasteiger partial charge is 0.336 e. The second kappa shape index (κ2) is 7.49. The average Bonchev–Trinajstić information content (AvgIpc) is 2.71. The molecule has 1 heterocycles. The molecule has 1 aliphatic carbocycles. The van der Waals surface area contributed by atoms with Crippen LogP contribution >= 0.6 is 12.2 Å². The van der Waals surface area contributed by atoms with Gasteiger partial charge >= 0.3 is 5.97 Å². The van der Waals surface area contributed by atoms with Crippen molar-refractivity contribution in [3.8, 4) is 22.5 Å². The van der Waals surface area contributed by atoms with E-state index in [0.29, 0.717) is 38.3 Å². The van der Waals surface area contributed by atoms with Gasteiger partial charge in [-0.15, -0.1) is 4.91 Å². The summed E-state index contributed by atoms with van der Waals surface area (Å²) in [6.07, 6.45) is 0. The van der Waals surface area contributed by atoms with Gasteiger partial charge < -0.3 is 14.8 Å². The van der Waals surface area contributed by atoms with Crippen LogP contribution in [0.2, 0.25) is 0 Å². The number of aromatic carboxylic acids is 1. The summed E-state index contributed by atoms with van der Waals surface area (Å²) in [4.78, 5) is 35.4. The van der Waals surface area contributed by atoms with Gasteiger partial charge in [-0.05, 0) is 54.1 Å². The molecule has 2 aromatic rings. The van der Waals surface area contributed by atoms with E-state index in [1.807, 2.05) is 0 Å². The molecule has 0 bridgehead atoms. The van der Waals surface area contributed by atoms with Gasteiger partial charge in [0.1, 0.15) is 17.0 Å². The zero-order chi connectivity index (χ0) is 21.4. The number of nitroso groups, excluding NO2 is 1. The second-order valence-electron chi connectivity index (χ2n) is 6.65. The number of hydrogen-bond donors (Lipinski definition) is 2. The fourth-order valence-corrected chi connectivity index (χ4v) is 3.54. The van der Waals surface area contributed by atoms with Crippen molar-refractivity contribution in [2.24, 2.45) is 5.18 Å². The van der Waals surface area contributed by atoms with Gasteiger partial charge in [0.2, 0.25) is 0 Å². The summed E-state index contributed by atoms with van der Waals surface area (Å²) in [5, 5.41) is 16.3. The first-order valence-corrected chi connectivity index (χ1v) is 9.27. The zero-order valence-corrected chi connectivity index (χ0v) is 16.4. The number of benzene rings is 3. The maximum absolute atomic E-state index is 12.1. The van der Waals surface area contributed by atoms with Gasteiger partial charge in [0.25, 0.3) is 0 Å².